The summed E-state index contributed by atoms with van der Waals surface area (Å²) in [6.07, 6.45) is 24.7. The minimum absolute atomic E-state index is 0.0826. The number of nitrogens with zero attached hydrogens (tertiary/aromatic N) is 22. The van der Waals surface area contributed by atoms with Crippen LogP contribution in [0, 0.1) is 17.8 Å². The molecule has 6 N–H and O–H groups in total. The summed E-state index contributed by atoms with van der Waals surface area (Å²) >= 11 is 30.1. The van der Waals surface area contributed by atoms with E-state index in [9.17, 15) is 4.79 Å². The number of aromatic nitrogens is 15. The number of hydrogen-bond donors (Lipinski definition) is 6. The van der Waals surface area contributed by atoms with Crippen LogP contribution in [-0.4, -0.2) is 308 Å². The van der Waals surface area contributed by atoms with Gasteiger partial charge in [-0.05, 0) is 222 Å². The summed E-state index contributed by atoms with van der Waals surface area (Å²) in [6.45, 7) is 29.9. The van der Waals surface area contributed by atoms with Gasteiger partial charge in [-0.2, -0.15) is 0 Å². The zero-order valence-electron chi connectivity index (χ0n) is 77.3. The number of carbonyl (C=O) groups excluding carboxylic acids is 1. The van der Waals surface area contributed by atoms with Crippen LogP contribution in [0.15, 0.2) is 214 Å². The maximum absolute atomic E-state index is 12.7. The number of nitrogens with one attached hydrogen (secondary N) is 6. The predicted octanol–water partition coefficient (Wildman–Crippen LogP) is 15.0. The second-order valence-electron chi connectivity index (χ2n) is 35.6. The van der Waals surface area contributed by atoms with Gasteiger partial charge in [0.2, 0.25) is 5.91 Å². The number of hydrogen-bond acceptors (Lipinski definition) is 25. The molecule has 17 heterocycles. The second-order valence-corrected chi connectivity index (χ2v) is 37.8. The Hall–Kier alpha value is -11.2. The van der Waals surface area contributed by atoms with Crippen molar-refractivity contribution in [2.24, 2.45) is 17.8 Å². The van der Waals surface area contributed by atoms with Crippen LogP contribution in [0.2, 0.25) is 25.1 Å². The van der Waals surface area contributed by atoms with Crippen LogP contribution < -0.4 is 41.7 Å². The lowest BCUT2D eigenvalue weighted by atomic mass is 9.94. The number of piperazine rings is 2. The predicted molar refractivity (Wildman–Crippen MR) is 551 cm³/mol. The fraction of sp³-hybridized carbons (Fsp3) is 0.396. The molecule has 36 heteroatoms. The van der Waals surface area contributed by atoms with Crippen LogP contribution in [0.1, 0.15) is 38.5 Å². The molecule has 15 aromatic rings. The maximum Gasteiger partial charge on any atom is 0.223 e. The molecule has 22 rings (SSSR count). The minimum Gasteiger partial charge on any atom is -0.379 e. The number of anilines is 5. The third kappa shape index (κ3) is 24.9. The highest BCUT2D eigenvalue weighted by Gasteiger charge is 2.31. The third-order valence-corrected chi connectivity index (χ3v) is 27.8. The average molecular weight is 1950 g/mol. The van der Waals surface area contributed by atoms with Crippen molar-refractivity contribution in [3.05, 3.63) is 239 Å². The maximum atomic E-state index is 12.7. The first-order chi connectivity index (χ1) is 67.3. The van der Waals surface area contributed by atoms with Crippen LogP contribution in [0.3, 0.4) is 0 Å². The van der Waals surface area contributed by atoms with Gasteiger partial charge in [0.05, 0.1) is 113 Å². The Balaban J connectivity index is 0.000000114. The Bertz CT molecular complexity index is 6210. The lowest BCUT2D eigenvalue weighted by molar-refractivity contribution is -0.125. The van der Waals surface area contributed by atoms with E-state index >= 15 is 0 Å². The molecule has 716 valence electrons. The van der Waals surface area contributed by atoms with Gasteiger partial charge in [-0.25, -0.2) is 23.4 Å². The number of likely N-dealkylation sites (N-methyl/N-ethyl adjacent to an activating group) is 1. The molecule has 10 aromatic heterocycles. The highest BCUT2D eigenvalue weighted by molar-refractivity contribution is 6.32. The zero-order chi connectivity index (χ0) is 93.6. The average Bonchev–Trinajstić information content (AvgIpc) is 1.60. The van der Waals surface area contributed by atoms with Gasteiger partial charge in [0, 0.05) is 246 Å². The monoisotopic (exact) mass is 1950 g/mol. The summed E-state index contributed by atoms with van der Waals surface area (Å²) < 4.78 is 20.5. The summed E-state index contributed by atoms with van der Waals surface area (Å²) in [4.78, 5) is 51.1. The highest BCUT2D eigenvalue weighted by Crippen LogP contribution is 2.36. The molecule has 137 heavy (non-hydrogen) atoms. The van der Waals surface area contributed by atoms with E-state index in [1.807, 2.05) is 212 Å². The number of piperidine rings is 3. The SMILES string of the molecule is CN1CCN(CCNc2nn(-c3ccc(Cl)cc3)c3cnccc23)CC1.Clc1ccc(-n2nc(N3CCC(CN4CCOCC4)CC3)c3ccncc32)cc1.Clc1ccc(-n2nc(NCCN3CCNCC3)c3ccncc32)cc1.Clc1ccc(-n2nc(NCCN3CCOCC3)c3ccncc32)cc1.O=C(NCC1CCNCC1)C1CCN(c2nn(-c3ccc(Cl)cc3)c3cnccc23)CC1. The van der Waals surface area contributed by atoms with E-state index in [1.165, 1.54) is 19.4 Å². The van der Waals surface area contributed by atoms with Gasteiger partial charge >= 0.3 is 0 Å². The first-order valence-electron chi connectivity index (χ1n) is 47.9. The fourth-order valence-electron chi connectivity index (χ4n) is 18.7. The van der Waals surface area contributed by atoms with Gasteiger partial charge in [0.25, 0.3) is 0 Å². The Morgan fingerprint density at radius 2 is 0.657 bits per heavy atom. The number of halogens is 5. The van der Waals surface area contributed by atoms with Crippen molar-refractivity contribution < 1.29 is 14.3 Å². The number of morpholine rings is 2. The lowest BCUT2D eigenvalue weighted by Crippen LogP contribution is -2.45. The summed E-state index contributed by atoms with van der Waals surface area (Å²) in [7, 11) is 2.18. The molecule has 0 saturated carbocycles. The smallest absolute Gasteiger partial charge is 0.223 e. The molecule has 5 aromatic carbocycles. The molecular weight excluding hydrogens is 1830 g/mol. The quantitative estimate of drug-likeness (QED) is 0.0328. The molecule has 0 bridgehead atoms. The summed E-state index contributed by atoms with van der Waals surface area (Å²) in [6, 6.07) is 48.6. The number of benzene rings is 5. The third-order valence-electron chi connectivity index (χ3n) is 26.5. The van der Waals surface area contributed by atoms with Gasteiger partial charge < -0.3 is 56.1 Å². The van der Waals surface area contributed by atoms with Crippen LogP contribution >= 0.6 is 58.0 Å². The van der Waals surface area contributed by atoms with E-state index in [2.05, 4.69) is 104 Å². The Labute approximate surface area is 823 Å². The van der Waals surface area contributed by atoms with Gasteiger partial charge in [0.15, 0.2) is 29.1 Å². The van der Waals surface area contributed by atoms with Crippen molar-refractivity contribution in [2.75, 3.05) is 229 Å². The Morgan fingerprint density at radius 3 is 1.03 bits per heavy atom. The number of rotatable bonds is 24. The molecule has 0 atom stereocenters. The molecule has 1 amide bonds. The molecule has 0 spiro atoms. The highest BCUT2D eigenvalue weighted by atomic mass is 35.5. The molecule has 31 nitrogen and oxygen atoms in total. The van der Waals surface area contributed by atoms with Gasteiger partial charge in [-0.3, -0.25) is 49.3 Å². The van der Waals surface area contributed by atoms with E-state index in [4.69, 9.17) is 93.0 Å². The first kappa shape index (κ1) is 96.0. The van der Waals surface area contributed by atoms with Crippen molar-refractivity contribution in [3.63, 3.8) is 0 Å². The van der Waals surface area contributed by atoms with Crippen molar-refractivity contribution in [1.29, 1.82) is 0 Å². The summed E-state index contributed by atoms with van der Waals surface area (Å²) in [5.41, 5.74) is 9.78. The molecule has 0 aliphatic carbocycles. The van der Waals surface area contributed by atoms with Crippen molar-refractivity contribution >= 4 is 148 Å². The van der Waals surface area contributed by atoms with Crippen molar-refractivity contribution in [1.82, 2.24) is 114 Å². The first-order valence-corrected chi connectivity index (χ1v) is 49.8. The second kappa shape index (κ2) is 47.4. The lowest BCUT2D eigenvalue weighted by Gasteiger charge is -2.36. The van der Waals surface area contributed by atoms with E-state index < -0.39 is 0 Å². The normalized spacial score (nSPS) is 17.1. The van der Waals surface area contributed by atoms with Crippen LogP contribution in [0.25, 0.3) is 83.0 Å². The van der Waals surface area contributed by atoms with E-state index in [0.717, 1.165) is 339 Å². The number of fused-ring (bicyclic) bond motifs is 5. The number of ether oxygens (including phenoxy) is 2. The van der Waals surface area contributed by atoms with Gasteiger partial charge in [-0.15, -0.1) is 25.5 Å². The molecular formula is C101H119Cl5N28O3. The van der Waals surface area contributed by atoms with E-state index in [-0.39, 0.29) is 11.8 Å². The summed E-state index contributed by atoms with van der Waals surface area (Å²) in [5.74, 6) is 6.33. The van der Waals surface area contributed by atoms with Gasteiger partial charge in [0.1, 0.15) is 0 Å². The van der Waals surface area contributed by atoms with Crippen molar-refractivity contribution in [2.45, 2.75) is 38.5 Å². The molecule has 7 fully saturated rings. The van der Waals surface area contributed by atoms with Crippen LogP contribution in [0.4, 0.5) is 29.1 Å². The number of pyridine rings is 5. The molecule has 7 saturated heterocycles. The Morgan fingerprint density at radius 1 is 0.343 bits per heavy atom. The molecule has 7 aliphatic rings. The number of carbonyl (C=O) groups is 1. The van der Waals surface area contributed by atoms with Crippen LogP contribution in [-0.2, 0) is 14.3 Å². The topological polar surface area (TPSA) is 284 Å². The van der Waals surface area contributed by atoms with E-state index in [1.54, 1.807) is 18.6 Å². The number of amides is 1. The fourth-order valence-corrected chi connectivity index (χ4v) is 19.3. The largest absolute Gasteiger partial charge is 0.379 e. The molecule has 0 radical (unpaired) electrons. The molecule has 0 unspecified atom stereocenters. The zero-order valence-corrected chi connectivity index (χ0v) is 81.1. The summed E-state index contributed by atoms with van der Waals surface area (Å²) in [5, 5.41) is 53.7. The van der Waals surface area contributed by atoms with Gasteiger partial charge in [-0.1, -0.05) is 58.0 Å². The Kier molecular flexibility index (Phi) is 33.2. The minimum atomic E-state index is 0.0826. The standard InChI is InChI=1S/C24H29ClN6O.C22H26ClN5O.C19H23ClN6.C18H21ClN6.C18H20ClN5O/c25-19-1-3-20(4-2-19)31-22-16-27-12-7-21(22)23(29-31)30-13-8-18(9-14-30)24(32)28-15-17-5-10-26-11-6-17;23-18-1-3-19(4-2-18)28-21-15-24-8-5-20(21)22(25-28)27-9-6-17(7-10-27)16-26-11-13-29-14-12-26;1-24-10-12-25(13-11-24)9-8-22-19-17-6-7-21-14-18(17)26(23-19)16-4-2-15(20)3-5-16;19-14-1-3-15(4-2-14)25-17-13-21-6-5-16(17)18(23-25)22-9-12-24-10-7-20-8-11-24;19-14-1-3-15(4-2-14)24-17-13-20-6-5-16(17)18(22-24)21-7-8-23-9-11-25-12-10-23/h1-4,7,12,16-18,26H,5-6,8-11,13-15H2,(H,28,32);1-5,8,15,17H,6-7,9-14,16H2;2-7,14H,8-13H2,1H3,(H,22,23);1-6,13,20H,7-12H2,(H,22,23);1-6,13H,7-12H2,(H,21,22). The van der Waals surface area contributed by atoms with Crippen molar-refractivity contribution in [3.8, 4) is 28.4 Å². The molecule has 7 aliphatic heterocycles. The van der Waals surface area contributed by atoms with E-state index in [0.29, 0.717) is 26.0 Å². The van der Waals surface area contributed by atoms with Crippen LogP contribution in [0.5, 0.6) is 0 Å².